The van der Waals surface area contributed by atoms with E-state index in [0.29, 0.717) is 13.0 Å². The van der Waals surface area contributed by atoms with E-state index in [-0.39, 0.29) is 11.9 Å². The molecule has 0 saturated heterocycles. The van der Waals surface area contributed by atoms with Gasteiger partial charge in [-0.15, -0.1) is 0 Å². The van der Waals surface area contributed by atoms with Gasteiger partial charge in [0.25, 0.3) is 0 Å². The zero-order valence-electron chi connectivity index (χ0n) is 17.2. The quantitative estimate of drug-likeness (QED) is 0.673. The molecule has 3 aromatic rings. The molecule has 1 unspecified atom stereocenters. The van der Waals surface area contributed by atoms with Crippen molar-refractivity contribution < 1.29 is 13.9 Å². The molecule has 0 radical (unpaired) electrons. The number of benzene rings is 2. The second-order valence-corrected chi connectivity index (χ2v) is 7.35. The number of furan rings is 1. The smallest absolute Gasteiger partial charge is 0.224 e. The van der Waals surface area contributed by atoms with Crippen molar-refractivity contribution in [2.75, 3.05) is 27.7 Å². The highest BCUT2D eigenvalue weighted by Crippen LogP contribution is 2.28. The zero-order chi connectivity index (χ0) is 20.3. The molecule has 5 nitrogen and oxygen atoms in total. The second-order valence-electron chi connectivity index (χ2n) is 7.35. The Hall–Kier alpha value is -2.79. The number of hydrogen-bond acceptors (Lipinski definition) is 4. The molecule has 1 heterocycles. The number of methoxy groups -OCH3 is 1. The van der Waals surface area contributed by atoms with Gasteiger partial charge in [0.2, 0.25) is 5.91 Å². The maximum absolute atomic E-state index is 12.6. The Morgan fingerprint density at radius 2 is 1.93 bits per heavy atom. The number of fused-ring (bicyclic) bond motifs is 1. The van der Waals surface area contributed by atoms with Crippen molar-refractivity contribution in [1.82, 2.24) is 10.2 Å². The summed E-state index contributed by atoms with van der Waals surface area (Å²) in [4.78, 5) is 14.7. The molecule has 0 aliphatic heterocycles. The number of hydrogen-bond donors (Lipinski definition) is 1. The average molecular weight is 380 g/mol. The molecular formula is C23H28N2O3. The van der Waals surface area contributed by atoms with Gasteiger partial charge in [0.05, 0.1) is 25.8 Å². The number of aryl methyl sites for hydroxylation is 2. The van der Waals surface area contributed by atoms with Crippen LogP contribution in [-0.4, -0.2) is 38.6 Å². The van der Waals surface area contributed by atoms with Gasteiger partial charge in [0, 0.05) is 23.1 Å². The Morgan fingerprint density at radius 3 is 2.64 bits per heavy atom. The molecule has 0 aliphatic rings. The molecule has 1 amide bonds. The van der Waals surface area contributed by atoms with Crippen LogP contribution in [0.25, 0.3) is 11.0 Å². The standard InChI is InChI=1S/C23H28N2O3/c1-15-10-11-18-17(14-28-23(18)16(15)2)12-22(26)24-13-20(25(3)4)19-8-6-7-9-21(19)27-5/h6-11,14,20H,12-13H2,1-5H3,(H,24,26). The Balaban J connectivity index is 1.71. The van der Waals surface area contributed by atoms with E-state index < -0.39 is 0 Å². The van der Waals surface area contributed by atoms with Crippen LogP contribution in [0.4, 0.5) is 0 Å². The molecule has 0 fully saturated rings. The van der Waals surface area contributed by atoms with Crippen LogP contribution in [0, 0.1) is 13.8 Å². The maximum Gasteiger partial charge on any atom is 0.224 e. The molecule has 0 spiro atoms. The number of para-hydroxylation sites is 1. The molecule has 148 valence electrons. The number of rotatable bonds is 7. The second kappa shape index (κ2) is 8.48. The Kier molecular flexibility index (Phi) is 6.05. The number of ether oxygens (including phenoxy) is 1. The van der Waals surface area contributed by atoms with E-state index in [4.69, 9.17) is 9.15 Å². The molecule has 2 aromatic carbocycles. The first-order chi connectivity index (χ1) is 13.4. The van der Waals surface area contributed by atoms with Gasteiger partial charge in [-0.3, -0.25) is 4.79 Å². The molecule has 5 heteroatoms. The molecule has 0 bridgehead atoms. The average Bonchev–Trinajstić information content (AvgIpc) is 3.08. The highest BCUT2D eigenvalue weighted by Gasteiger charge is 2.20. The molecule has 1 atom stereocenters. The van der Waals surface area contributed by atoms with E-state index >= 15 is 0 Å². The van der Waals surface area contributed by atoms with Gasteiger partial charge in [-0.25, -0.2) is 0 Å². The van der Waals surface area contributed by atoms with Crippen molar-refractivity contribution >= 4 is 16.9 Å². The normalized spacial score (nSPS) is 12.4. The highest BCUT2D eigenvalue weighted by atomic mass is 16.5. The molecule has 0 saturated carbocycles. The summed E-state index contributed by atoms with van der Waals surface area (Å²) in [7, 11) is 5.66. The van der Waals surface area contributed by atoms with Crippen LogP contribution in [0.5, 0.6) is 5.75 Å². The van der Waals surface area contributed by atoms with Gasteiger partial charge in [0.15, 0.2) is 0 Å². The van der Waals surface area contributed by atoms with Crippen LogP contribution in [0.3, 0.4) is 0 Å². The van der Waals surface area contributed by atoms with Crippen molar-refractivity contribution in [2.24, 2.45) is 0 Å². The lowest BCUT2D eigenvalue weighted by atomic mass is 10.0. The van der Waals surface area contributed by atoms with Gasteiger partial charge in [-0.2, -0.15) is 0 Å². The molecule has 1 aromatic heterocycles. The first-order valence-corrected chi connectivity index (χ1v) is 9.44. The number of likely N-dealkylation sites (N-methyl/N-ethyl adjacent to an activating group) is 1. The van der Waals surface area contributed by atoms with Crippen molar-refractivity contribution in [1.29, 1.82) is 0 Å². The zero-order valence-corrected chi connectivity index (χ0v) is 17.2. The summed E-state index contributed by atoms with van der Waals surface area (Å²) in [6.07, 6.45) is 1.99. The lowest BCUT2D eigenvalue weighted by Gasteiger charge is -2.26. The Bertz CT molecular complexity index is 975. The number of carbonyl (C=O) groups is 1. The third-order valence-corrected chi connectivity index (χ3v) is 5.31. The molecule has 1 N–H and O–H groups in total. The van der Waals surface area contributed by atoms with Gasteiger partial charge < -0.3 is 19.4 Å². The number of nitrogens with zero attached hydrogens (tertiary/aromatic N) is 1. The predicted molar refractivity (Wildman–Crippen MR) is 112 cm³/mol. The fourth-order valence-corrected chi connectivity index (χ4v) is 3.48. The van der Waals surface area contributed by atoms with Crippen LogP contribution in [-0.2, 0) is 11.2 Å². The number of nitrogens with one attached hydrogen (secondary N) is 1. The van der Waals surface area contributed by atoms with Gasteiger partial charge >= 0.3 is 0 Å². The highest BCUT2D eigenvalue weighted by molar-refractivity contribution is 5.89. The lowest BCUT2D eigenvalue weighted by molar-refractivity contribution is -0.120. The molecule has 28 heavy (non-hydrogen) atoms. The SMILES string of the molecule is COc1ccccc1C(CNC(=O)Cc1coc2c(C)c(C)ccc12)N(C)C. The Labute approximate surface area is 166 Å². The predicted octanol–water partition coefficient (Wildman–Crippen LogP) is 4.02. The van der Waals surface area contributed by atoms with Crippen LogP contribution in [0.15, 0.2) is 47.1 Å². The van der Waals surface area contributed by atoms with Gasteiger partial charge in [-0.05, 0) is 45.1 Å². The maximum atomic E-state index is 12.6. The minimum absolute atomic E-state index is 0.0195. The molecule has 3 rings (SSSR count). The fraction of sp³-hybridized carbons (Fsp3) is 0.348. The van der Waals surface area contributed by atoms with Crippen LogP contribution in [0.2, 0.25) is 0 Å². The third kappa shape index (κ3) is 4.04. The summed E-state index contributed by atoms with van der Waals surface area (Å²) < 4.78 is 11.2. The topological polar surface area (TPSA) is 54.7 Å². The summed E-state index contributed by atoms with van der Waals surface area (Å²) in [5.74, 6) is 0.796. The monoisotopic (exact) mass is 380 g/mol. The van der Waals surface area contributed by atoms with Crippen molar-refractivity contribution in [3.8, 4) is 5.75 Å². The van der Waals surface area contributed by atoms with Crippen molar-refractivity contribution in [3.63, 3.8) is 0 Å². The van der Waals surface area contributed by atoms with Crippen LogP contribution >= 0.6 is 0 Å². The van der Waals surface area contributed by atoms with Crippen molar-refractivity contribution in [3.05, 3.63) is 64.9 Å². The van der Waals surface area contributed by atoms with E-state index in [1.165, 1.54) is 5.56 Å². The first-order valence-electron chi connectivity index (χ1n) is 9.44. The molecule has 0 aliphatic carbocycles. The summed E-state index contributed by atoms with van der Waals surface area (Å²) in [6, 6.07) is 12.0. The Morgan fingerprint density at radius 1 is 1.18 bits per heavy atom. The van der Waals surface area contributed by atoms with E-state index in [2.05, 4.69) is 23.2 Å². The van der Waals surface area contributed by atoms with Gasteiger partial charge in [0.1, 0.15) is 11.3 Å². The molecular weight excluding hydrogens is 352 g/mol. The van der Waals surface area contributed by atoms with E-state index in [1.807, 2.05) is 51.4 Å². The lowest BCUT2D eigenvalue weighted by Crippen LogP contribution is -2.35. The number of carbonyl (C=O) groups excluding carboxylic acids is 1. The van der Waals surface area contributed by atoms with E-state index in [9.17, 15) is 4.79 Å². The largest absolute Gasteiger partial charge is 0.496 e. The fourth-order valence-electron chi connectivity index (χ4n) is 3.48. The summed E-state index contributed by atoms with van der Waals surface area (Å²) in [6.45, 7) is 4.60. The van der Waals surface area contributed by atoms with Crippen LogP contribution < -0.4 is 10.1 Å². The van der Waals surface area contributed by atoms with Crippen LogP contribution in [0.1, 0.15) is 28.3 Å². The summed E-state index contributed by atoms with van der Waals surface area (Å²) in [5.41, 5.74) is 5.13. The van der Waals surface area contributed by atoms with Crippen molar-refractivity contribution in [2.45, 2.75) is 26.3 Å². The van der Waals surface area contributed by atoms with Gasteiger partial charge in [-0.1, -0.05) is 30.3 Å². The minimum Gasteiger partial charge on any atom is -0.496 e. The minimum atomic E-state index is -0.0253. The van der Waals surface area contributed by atoms with E-state index in [0.717, 1.165) is 33.4 Å². The third-order valence-electron chi connectivity index (χ3n) is 5.31. The van der Waals surface area contributed by atoms with E-state index in [1.54, 1.807) is 13.4 Å². The summed E-state index contributed by atoms with van der Waals surface area (Å²) >= 11 is 0. The number of amides is 1. The summed E-state index contributed by atoms with van der Waals surface area (Å²) in [5, 5.41) is 4.07. The first kappa shape index (κ1) is 20.0.